The van der Waals surface area contributed by atoms with Crippen LogP contribution in [0, 0.1) is 13.8 Å². The Hall–Kier alpha value is -2.19. The zero-order chi connectivity index (χ0) is 20.5. The van der Waals surface area contributed by atoms with Crippen molar-refractivity contribution in [2.75, 3.05) is 38.0 Å². The van der Waals surface area contributed by atoms with Crippen molar-refractivity contribution in [1.82, 2.24) is 9.55 Å². The molecule has 0 aliphatic heterocycles. The van der Waals surface area contributed by atoms with Crippen molar-refractivity contribution in [2.24, 2.45) is 0 Å². The van der Waals surface area contributed by atoms with Crippen LogP contribution in [0.4, 0.5) is 5.69 Å². The van der Waals surface area contributed by atoms with Gasteiger partial charge in [-0.25, -0.2) is 4.98 Å². The average molecular weight is 408 g/mol. The monoisotopic (exact) mass is 407 g/mol. The van der Waals surface area contributed by atoms with E-state index in [4.69, 9.17) is 14.2 Å². The minimum atomic E-state index is -0.129. The van der Waals surface area contributed by atoms with Crippen LogP contribution in [0.3, 0.4) is 0 Å². The van der Waals surface area contributed by atoms with Crippen LogP contribution in [-0.4, -0.2) is 48.1 Å². The molecule has 28 heavy (non-hydrogen) atoms. The molecule has 0 atom stereocenters. The number of thioether (sulfide) groups is 1. The van der Waals surface area contributed by atoms with E-state index in [0.29, 0.717) is 43.6 Å². The number of methoxy groups -OCH3 is 1. The first-order valence-corrected chi connectivity index (χ1v) is 10.3. The SMILES string of the molecule is CCOc1ccc(OCC)c(NC(=O)CSc2nc(C)c(C)n2CCOC)c1. The Balaban J connectivity index is 2.06. The lowest BCUT2D eigenvalue weighted by atomic mass is 10.2. The number of carbonyl (C=O) groups excluding carboxylic acids is 1. The smallest absolute Gasteiger partial charge is 0.234 e. The Morgan fingerprint density at radius 3 is 2.64 bits per heavy atom. The molecule has 0 bridgehead atoms. The molecule has 0 aliphatic carbocycles. The molecular formula is C20H29N3O4S. The van der Waals surface area contributed by atoms with Crippen molar-refractivity contribution >= 4 is 23.4 Å². The number of aromatic nitrogens is 2. The summed E-state index contributed by atoms with van der Waals surface area (Å²) in [6.45, 7) is 10.2. The predicted octanol–water partition coefficient (Wildman–Crippen LogP) is 3.67. The summed E-state index contributed by atoms with van der Waals surface area (Å²) in [4.78, 5) is 17.1. The topological polar surface area (TPSA) is 74.6 Å². The normalized spacial score (nSPS) is 10.8. The molecule has 0 fully saturated rings. The van der Waals surface area contributed by atoms with Gasteiger partial charge >= 0.3 is 0 Å². The maximum Gasteiger partial charge on any atom is 0.234 e. The fourth-order valence-electron chi connectivity index (χ4n) is 2.64. The number of imidazole rings is 1. The molecule has 1 heterocycles. The summed E-state index contributed by atoms with van der Waals surface area (Å²) >= 11 is 1.41. The number of amides is 1. The van der Waals surface area contributed by atoms with E-state index in [9.17, 15) is 4.79 Å². The van der Waals surface area contributed by atoms with Crippen LogP contribution in [-0.2, 0) is 16.1 Å². The van der Waals surface area contributed by atoms with E-state index >= 15 is 0 Å². The van der Waals surface area contributed by atoms with Gasteiger partial charge in [0.25, 0.3) is 0 Å². The van der Waals surface area contributed by atoms with Gasteiger partial charge < -0.3 is 24.1 Å². The molecule has 8 heteroatoms. The molecule has 2 aromatic rings. The second-order valence-electron chi connectivity index (χ2n) is 6.07. The van der Waals surface area contributed by atoms with Crippen LogP contribution >= 0.6 is 11.8 Å². The standard InChI is InChI=1S/C20H29N3O4S/c1-6-26-16-8-9-18(27-7-2)17(12-16)22-19(24)13-28-20-21-14(3)15(4)23(20)10-11-25-5/h8-9,12H,6-7,10-11,13H2,1-5H3,(H,22,24). The van der Waals surface area contributed by atoms with Crippen molar-refractivity contribution in [3.8, 4) is 11.5 Å². The Kier molecular flexibility index (Phi) is 8.66. The van der Waals surface area contributed by atoms with Crippen LogP contribution in [0.15, 0.2) is 23.4 Å². The molecule has 0 spiro atoms. The van der Waals surface area contributed by atoms with Gasteiger partial charge in [-0.2, -0.15) is 0 Å². The lowest BCUT2D eigenvalue weighted by molar-refractivity contribution is -0.113. The molecule has 2 rings (SSSR count). The molecule has 7 nitrogen and oxygen atoms in total. The Labute approximate surface area is 170 Å². The van der Waals surface area contributed by atoms with Crippen LogP contribution < -0.4 is 14.8 Å². The van der Waals surface area contributed by atoms with Crippen LogP contribution in [0.5, 0.6) is 11.5 Å². The number of rotatable bonds is 11. The minimum absolute atomic E-state index is 0.129. The molecule has 1 aromatic carbocycles. The van der Waals surface area contributed by atoms with E-state index in [1.807, 2.05) is 33.8 Å². The number of benzene rings is 1. The highest BCUT2D eigenvalue weighted by Gasteiger charge is 2.15. The van der Waals surface area contributed by atoms with Gasteiger partial charge in [0.2, 0.25) is 5.91 Å². The minimum Gasteiger partial charge on any atom is -0.494 e. The largest absolute Gasteiger partial charge is 0.494 e. The third-order valence-electron chi connectivity index (χ3n) is 4.11. The molecule has 0 radical (unpaired) electrons. The third-order valence-corrected chi connectivity index (χ3v) is 5.09. The van der Waals surface area contributed by atoms with E-state index in [1.165, 1.54) is 11.8 Å². The molecule has 0 unspecified atom stereocenters. The molecule has 1 aromatic heterocycles. The molecule has 0 saturated carbocycles. The third kappa shape index (κ3) is 5.90. The summed E-state index contributed by atoms with van der Waals surface area (Å²) < 4.78 is 18.4. The van der Waals surface area contributed by atoms with E-state index in [-0.39, 0.29) is 11.7 Å². The summed E-state index contributed by atoms with van der Waals surface area (Å²) in [7, 11) is 1.67. The number of ether oxygens (including phenoxy) is 3. The summed E-state index contributed by atoms with van der Waals surface area (Å²) in [6.07, 6.45) is 0. The van der Waals surface area contributed by atoms with Crippen molar-refractivity contribution in [1.29, 1.82) is 0 Å². The first-order valence-electron chi connectivity index (χ1n) is 9.35. The molecule has 1 N–H and O–H groups in total. The maximum atomic E-state index is 12.5. The summed E-state index contributed by atoms with van der Waals surface area (Å²) in [6, 6.07) is 5.42. The first-order chi connectivity index (χ1) is 13.5. The van der Waals surface area contributed by atoms with E-state index in [0.717, 1.165) is 16.5 Å². The molecule has 0 saturated heterocycles. The van der Waals surface area contributed by atoms with Gasteiger partial charge in [0.1, 0.15) is 11.5 Å². The Bertz CT molecular complexity index is 792. The first kappa shape index (κ1) is 22.1. The van der Waals surface area contributed by atoms with Gasteiger partial charge in [0.05, 0.1) is 37.0 Å². The van der Waals surface area contributed by atoms with Crippen LogP contribution in [0.25, 0.3) is 0 Å². The van der Waals surface area contributed by atoms with Crippen LogP contribution in [0.1, 0.15) is 25.2 Å². The Morgan fingerprint density at radius 1 is 1.21 bits per heavy atom. The quantitative estimate of drug-likeness (QED) is 0.573. The van der Waals surface area contributed by atoms with Crippen molar-refractivity contribution in [2.45, 2.75) is 39.4 Å². The second-order valence-corrected chi connectivity index (χ2v) is 7.01. The number of aryl methyl sites for hydroxylation is 1. The van der Waals surface area contributed by atoms with E-state index in [1.54, 1.807) is 19.2 Å². The van der Waals surface area contributed by atoms with Gasteiger partial charge in [0.15, 0.2) is 5.16 Å². The Morgan fingerprint density at radius 2 is 1.96 bits per heavy atom. The number of hydrogen-bond donors (Lipinski definition) is 1. The number of hydrogen-bond acceptors (Lipinski definition) is 6. The summed E-state index contributed by atoms with van der Waals surface area (Å²) in [5, 5.41) is 3.74. The zero-order valence-corrected chi connectivity index (χ0v) is 18.0. The fraction of sp³-hybridized carbons (Fsp3) is 0.500. The molecule has 154 valence electrons. The molecular weight excluding hydrogens is 378 g/mol. The number of anilines is 1. The summed E-state index contributed by atoms with van der Waals surface area (Å²) in [5.74, 6) is 1.43. The number of nitrogens with zero attached hydrogens (tertiary/aromatic N) is 2. The summed E-state index contributed by atoms with van der Waals surface area (Å²) in [5.41, 5.74) is 2.65. The van der Waals surface area contributed by atoms with Crippen molar-refractivity contribution in [3.63, 3.8) is 0 Å². The molecule has 0 aliphatic rings. The van der Waals surface area contributed by atoms with Gasteiger partial charge in [-0.1, -0.05) is 11.8 Å². The van der Waals surface area contributed by atoms with Gasteiger partial charge in [0, 0.05) is 25.4 Å². The lowest BCUT2D eigenvalue weighted by Gasteiger charge is -2.14. The highest BCUT2D eigenvalue weighted by Crippen LogP contribution is 2.30. The fourth-order valence-corrected chi connectivity index (χ4v) is 3.56. The highest BCUT2D eigenvalue weighted by molar-refractivity contribution is 7.99. The van der Waals surface area contributed by atoms with Gasteiger partial charge in [-0.05, 0) is 39.8 Å². The second kappa shape index (κ2) is 11.0. The number of carbonyl (C=O) groups is 1. The molecule has 1 amide bonds. The predicted molar refractivity (Wildman–Crippen MR) is 112 cm³/mol. The van der Waals surface area contributed by atoms with Gasteiger partial charge in [-0.3, -0.25) is 4.79 Å². The van der Waals surface area contributed by atoms with Gasteiger partial charge in [-0.15, -0.1) is 0 Å². The maximum absolute atomic E-state index is 12.5. The highest BCUT2D eigenvalue weighted by atomic mass is 32.2. The number of nitrogens with one attached hydrogen (secondary N) is 1. The van der Waals surface area contributed by atoms with E-state index in [2.05, 4.69) is 14.9 Å². The van der Waals surface area contributed by atoms with Crippen molar-refractivity contribution < 1.29 is 19.0 Å². The van der Waals surface area contributed by atoms with Crippen molar-refractivity contribution in [3.05, 3.63) is 29.6 Å². The van der Waals surface area contributed by atoms with Crippen LogP contribution in [0.2, 0.25) is 0 Å². The lowest BCUT2D eigenvalue weighted by Crippen LogP contribution is -2.16. The average Bonchev–Trinajstić information content (AvgIpc) is 2.94. The van der Waals surface area contributed by atoms with E-state index < -0.39 is 0 Å². The zero-order valence-electron chi connectivity index (χ0n) is 17.2.